The summed E-state index contributed by atoms with van der Waals surface area (Å²) in [5.74, 6) is -0.853. The van der Waals surface area contributed by atoms with Gasteiger partial charge in [-0.3, -0.25) is 9.59 Å². The Morgan fingerprint density at radius 1 is 1.00 bits per heavy atom. The normalized spacial score (nSPS) is 9.78. The maximum Gasteiger partial charge on any atom is 0.255 e. The molecule has 0 aliphatic rings. The van der Waals surface area contributed by atoms with Crippen LogP contribution in [0.15, 0.2) is 42.5 Å². The molecule has 0 saturated carbocycles. The van der Waals surface area contributed by atoms with Crippen molar-refractivity contribution < 1.29 is 9.59 Å². The zero-order valence-electron chi connectivity index (χ0n) is 11.8. The number of para-hydroxylation sites is 2. The summed E-state index contributed by atoms with van der Waals surface area (Å²) in [6, 6.07) is 13.0. The van der Waals surface area contributed by atoms with Crippen LogP contribution in [0.3, 0.4) is 0 Å². The lowest BCUT2D eigenvalue weighted by atomic mass is 10.2. The molecule has 7 heteroatoms. The third kappa shape index (κ3) is 4.46. The zero-order chi connectivity index (χ0) is 16.8. The third-order valence-corrected chi connectivity index (χ3v) is 3.61. The Morgan fingerprint density at radius 2 is 1.65 bits per heavy atom. The summed E-state index contributed by atoms with van der Waals surface area (Å²) in [6.45, 7) is 0. The standard InChI is InChI=1S/C16H11Cl2N3O2/c17-11-6-5-10(9-12(11)18)16(23)21-14-4-2-1-3-13(14)20-15(22)7-8-19/h1-6,9H,7H2,(H,20,22)(H,21,23). The van der Waals surface area contributed by atoms with E-state index >= 15 is 0 Å². The molecule has 2 aromatic rings. The van der Waals surface area contributed by atoms with Crippen molar-refractivity contribution in [2.75, 3.05) is 10.6 Å². The molecule has 2 aromatic carbocycles. The van der Waals surface area contributed by atoms with Crippen molar-refractivity contribution in [3.05, 3.63) is 58.1 Å². The second kappa shape index (κ2) is 7.63. The smallest absolute Gasteiger partial charge is 0.255 e. The molecule has 0 aliphatic heterocycles. The molecule has 0 bridgehead atoms. The molecule has 2 amide bonds. The molecule has 0 fully saturated rings. The van der Waals surface area contributed by atoms with Gasteiger partial charge in [0.1, 0.15) is 6.42 Å². The minimum Gasteiger partial charge on any atom is -0.323 e. The number of carbonyl (C=O) groups excluding carboxylic acids is 2. The molecule has 0 heterocycles. The fraction of sp³-hybridized carbons (Fsp3) is 0.0625. The van der Waals surface area contributed by atoms with Crippen LogP contribution in [-0.2, 0) is 4.79 Å². The lowest BCUT2D eigenvalue weighted by Gasteiger charge is -2.12. The lowest BCUT2D eigenvalue weighted by Crippen LogP contribution is -2.16. The SMILES string of the molecule is N#CCC(=O)Nc1ccccc1NC(=O)c1ccc(Cl)c(Cl)c1. The van der Waals surface area contributed by atoms with E-state index in [4.69, 9.17) is 28.5 Å². The summed E-state index contributed by atoms with van der Waals surface area (Å²) in [5, 5.41) is 14.4. The molecule has 0 spiro atoms. The van der Waals surface area contributed by atoms with E-state index in [9.17, 15) is 9.59 Å². The Kier molecular flexibility index (Phi) is 5.58. The van der Waals surface area contributed by atoms with Gasteiger partial charge in [0.15, 0.2) is 0 Å². The van der Waals surface area contributed by atoms with Crippen LogP contribution in [-0.4, -0.2) is 11.8 Å². The van der Waals surface area contributed by atoms with E-state index in [0.717, 1.165) is 0 Å². The number of halogens is 2. The maximum atomic E-state index is 12.3. The molecule has 0 radical (unpaired) electrons. The molecule has 2 N–H and O–H groups in total. The van der Waals surface area contributed by atoms with Gasteiger partial charge in [-0.05, 0) is 30.3 Å². The Balaban J connectivity index is 2.19. The maximum absolute atomic E-state index is 12.3. The van der Waals surface area contributed by atoms with Gasteiger partial charge in [-0.25, -0.2) is 0 Å². The first-order valence-electron chi connectivity index (χ1n) is 6.53. The van der Waals surface area contributed by atoms with E-state index in [1.54, 1.807) is 36.4 Å². The van der Waals surface area contributed by atoms with Gasteiger partial charge in [-0.2, -0.15) is 5.26 Å². The number of benzene rings is 2. The molecule has 0 atom stereocenters. The van der Waals surface area contributed by atoms with Crippen LogP contribution in [0, 0.1) is 11.3 Å². The van der Waals surface area contributed by atoms with Gasteiger partial charge in [0, 0.05) is 5.56 Å². The number of nitrogens with zero attached hydrogens (tertiary/aromatic N) is 1. The molecule has 5 nitrogen and oxygen atoms in total. The zero-order valence-corrected chi connectivity index (χ0v) is 13.3. The quantitative estimate of drug-likeness (QED) is 0.873. The Hall–Kier alpha value is -2.55. The summed E-state index contributed by atoms with van der Waals surface area (Å²) in [5.41, 5.74) is 1.15. The topological polar surface area (TPSA) is 82.0 Å². The lowest BCUT2D eigenvalue weighted by molar-refractivity contribution is -0.115. The fourth-order valence-corrected chi connectivity index (χ4v) is 2.10. The molecule has 2 rings (SSSR count). The van der Waals surface area contributed by atoms with E-state index in [-0.39, 0.29) is 11.4 Å². The van der Waals surface area contributed by atoms with Crippen LogP contribution in [0.1, 0.15) is 16.8 Å². The van der Waals surface area contributed by atoms with Gasteiger partial charge in [0.25, 0.3) is 5.91 Å². The average Bonchev–Trinajstić information content (AvgIpc) is 2.52. The van der Waals surface area contributed by atoms with Gasteiger partial charge in [0.05, 0.1) is 27.5 Å². The van der Waals surface area contributed by atoms with Gasteiger partial charge in [-0.1, -0.05) is 35.3 Å². The fourth-order valence-electron chi connectivity index (χ4n) is 1.80. The van der Waals surface area contributed by atoms with E-state index < -0.39 is 11.8 Å². The van der Waals surface area contributed by atoms with Crippen LogP contribution in [0.2, 0.25) is 10.0 Å². The van der Waals surface area contributed by atoms with Crippen LogP contribution < -0.4 is 10.6 Å². The number of hydrogen-bond donors (Lipinski definition) is 2. The molecular weight excluding hydrogens is 337 g/mol. The third-order valence-electron chi connectivity index (χ3n) is 2.87. The van der Waals surface area contributed by atoms with E-state index in [1.165, 1.54) is 12.1 Å². The van der Waals surface area contributed by atoms with E-state index in [1.807, 2.05) is 0 Å². The van der Waals surface area contributed by atoms with Crippen molar-refractivity contribution in [1.29, 1.82) is 5.26 Å². The predicted molar refractivity (Wildman–Crippen MR) is 89.7 cm³/mol. The second-order valence-corrected chi connectivity index (χ2v) is 5.33. The van der Waals surface area contributed by atoms with Crippen molar-refractivity contribution >= 4 is 46.4 Å². The summed E-state index contributed by atoms with van der Waals surface area (Å²) in [6.07, 6.45) is -0.269. The van der Waals surface area contributed by atoms with Crippen LogP contribution in [0.5, 0.6) is 0 Å². The number of amides is 2. The molecule has 0 saturated heterocycles. The summed E-state index contributed by atoms with van der Waals surface area (Å²) < 4.78 is 0. The minimum atomic E-state index is -0.455. The number of nitrogens with one attached hydrogen (secondary N) is 2. The van der Waals surface area contributed by atoms with Gasteiger partial charge in [-0.15, -0.1) is 0 Å². The first kappa shape index (κ1) is 16.8. The van der Waals surface area contributed by atoms with Crippen molar-refractivity contribution in [3.63, 3.8) is 0 Å². The van der Waals surface area contributed by atoms with Crippen molar-refractivity contribution in [2.45, 2.75) is 6.42 Å². The summed E-state index contributed by atoms with van der Waals surface area (Å²) in [4.78, 5) is 23.8. The monoisotopic (exact) mass is 347 g/mol. The number of anilines is 2. The van der Waals surface area contributed by atoms with Crippen molar-refractivity contribution in [1.82, 2.24) is 0 Å². The minimum absolute atomic E-state index is 0.269. The first-order chi connectivity index (χ1) is 11.0. The van der Waals surface area contributed by atoms with Crippen LogP contribution >= 0.6 is 23.2 Å². The van der Waals surface area contributed by atoms with Crippen LogP contribution in [0.25, 0.3) is 0 Å². The number of hydrogen-bond acceptors (Lipinski definition) is 3. The molecular formula is C16H11Cl2N3O2. The Labute approximate surface area is 142 Å². The van der Waals surface area contributed by atoms with Crippen molar-refractivity contribution in [2.24, 2.45) is 0 Å². The number of carbonyl (C=O) groups is 2. The van der Waals surface area contributed by atoms with Crippen LogP contribution in [0.4, 0.5) is 11.4 Å². The highest BCUT2D eigenvalue weighted by Gasteiger charge is 2.12. The largest absolute Gasteiger partial charge is 0.323 e. The van der Waals surface area contributed by atoms with Gasteiger partial charge >= 0.3 is 0 Å². The van der Waals surface area contributed by atoms with Gasteiger partial charge < -0.3 is 10.6 Å². The van der Waals surface area contributed by atoms with Gasteiger partial charge in [0.2, 0.25) is 5.91 Å². The molecule has 116 valence electrons. The Bertz CT molecular complexity index is 800. The summed E-state index contributed by atoms with van der Waals surface area (Å²) >= 11 is 11.7. The highest BCUT2D eigenvalue weighted by molar-refractivity contribution is 6.42. The number of rotatable bonds is 4. The molecule has 23 heavy (non-hydrogen) atoms. The van der Waals surface area contributed by atoms with Crippen molar-refractivity contribution in [3.8, 4) is 6.07 Å². The highest BCUT2D eigenvalue weighted by Crippen LogP contribution is 2.25. The van der Waals surface area contributed by atoms with E-state index in [0.29, 0.717) is 22.0 Å². The average molecular weight is 348 g/mol. The number of nitriles is 1. The Morgan fingerprint density at radius 3 is 2.26 bits per heavy atom. The van der Waals surface area contributed by atoms with E-state index in [2.05, 4.69) is 10.6 Å². The molecule has 0 unspecified atom stereocenters. The molecule has 0 aliphatic carbocycles. The highest BCUT2D eigenvalue weighted by atomic mass is 35.5. The first-order valence-corrected chi connectivity index (χ1v) is 7.29. The predicted octanol–water partition coefficient (Wildman–Crippen LogP) is 4.10. The second-order valence-electron chi connectivity index (χ2n) is 4.51. The molecule has 0 aromatic heterocycles. The summed E-state index contributed by atoms with van der Waals surface area (Å²) in [7, 11) is 0.